The molecular weight excluding hydrogens is 280 g/mol. The van der Waals surface area contributed by atoms with Crippen molar-refractivity contribution in [3.63, 3.8) is 0 Å². The molecule has 2 rings (SSSR count). The molecule has 1 N–H and O–H groups in total. The fourth-order valence-corrected chi connectivity index (χ4v) is 2.45. The lowest BCUT2D eigenvalue weighted by atomic mass is 9.84. The first-order valence-corrected chi connectivity index (χ1v) is 7.19. The lowest BCUT2D eigenvalue weighted by Gasteiger charge is -2.19. The molecule has 0 aliphatic heterocycles. The molecule has 1 amide bonds. The van der Waals surface area contributed by atoms with Gasteiger partial charge in [0.2, 0.25) is 5.91 Å². The molecule has 0 heterocycles. The van der Waals surface area contributed by atoms with E-state index in [1.807, 2.05) is 18.2 Å². The van der Waals surface area contributed by atoms with E-state index < -0.39 is 11.8 Å². The third kappa shape index (κ3) is 3.73. The molecule has 0 aromatic heterocycles. The van der Waals surface area contributed by atoms with E-state index >= 15 is 0 Å². The molecule has 0 saturated heterocycles. The molecule has 1 aromatic carbocycles. The number of anilines is 1. The summed E-state index contributed by atoms with van der Waals surface area (Å²) >= 11 is 0. The maximum atomic E-state index is 12.3. The maximum Gasteiger partial charge on any atom is 0.249 e. The molecule has 0 spiro atoms. The normalized spacial score (nSPS) is 18.1. The van der Waals surface area contributed by atoms with E-state index in [1.165, 1.54) is 7.11 Å². The number of carbonyl (C=O) groups is 2. The van der Waals surface area contributed by atoms with Gasteiger partial charge in [-0.05, 0) is 31.4 Å². The van der Waals surface area contributed by atoms with Crippen LogP contribution in [0.5, 0.6) is 5.75 Å². The van der Waals surface area contributed by atoms with Crippen LogP contribution in [0.4, 0.5) is 5.69 Å². The number of hydrogen-bond acceptors (Lipinski definition) is 4. The molecule has 0 radical (unpaired) electrons. The van der Waals surface area contributed by atoms with Crippen LogP contribution < -0.4 is 10.1 Å². The summed E-state index contributed by atoms with van der Waals surface area (Å²) in [6.45, 7) is 0. The van der Waals surface area contributed by atoms with E-state index in [9.17, 15) is 14.9 Å². The van der Waals surface area contributed by atoms with E-state index in [0.29, 0.717) is 24.3 Å². The van der Waals surface area contributed by atoms with E-state index in [2.05, 4.69) is 5.32 Å². The minimum Gasteiger partial charge on any atom is -0.497 e. The summed E-state index contributed by atoms with van der Waals surface area (Å²) in [6, 6.07) is 8.63. The average molecular weight is 298 g/mol. The summed E-state index contributed by atoms with van der Waals surface area (Å²) in [5, 5.41) is 11.8. The number of ketones is 1. The van der Waals surface area contributed by atoms with E-state index in [1.54, 1.807) is 24.3 Å². The molecule has 22 heavy (non-hydrogen) atoms. The first-order valence-electron chi connectivity index (χ1n) is 7.19. The van der Waals surface area contributed by atoms with Crippen molar-refractivity contribution >= 4 is 17.4 Å². The van der Waals surface area contributed by atoms with Crippen molar-refractivity contribution in [3.8, 4) is 11.8 Å². The van der Waals surface area contributed by atoms with Crippen LogP contribution in [0.15, 0.2) is 36.4 Å². The minimum absolute atomic E-state index is 0.245. The second-order valence-corrected chi connectivity index (χ2v) is 5.17. The van der Waals surface area contributed by atoms with Crippen molar-refractivity contribution in [2.45, 2.75) is 19.3 Å². The highest BCUT2D eigenvalue weighted by Gasteiger charge is 2.32. The molecule has 0 fully saturated rings. The molecule has 0 unspecified atom stereocenters. The smallest absolute Gasteiger partial charge is 0.249 e. The van der Waals surface area contributed by atoms with Gasteiger partial charge in [0.1, 0.15) is 5.75 Å². The van der Waals surface area contributed by atoms with Gasteiger partial charge in [0.05, 0.1) is 13.2 Å². The Morgan fingerprint density at radius 3 is 2.86 bits per heavy atom. The Kier molecular flexibility index (Phi) is 5.31. The van der Waals surface area contributed by atoms with Crippen molar-refractivity contribution in [1.82, 2.24) is 0 Å². The minimum atomic E-state index is -1.28. The summed E-state index contributed by atoms with van der Waals surface area (Å²) in [7, 11) is 1.53. The number of ether oxygens (including phenoxy) is 1. The number of hydrogen-bond donors (Lipinski definition) is 1. The first kappa shape index (κ1) is 15.8. The number of carbonyl (C=O) groups excluding carboxylic acids is 2. The highest BCUT2D eigenvalue weighted by molar-refractivity contribution is 6.10. The third-order valence-electron chi connectivity index (χ3n) is 3.68. The number of nitrogens with zero attached hydrogens (tertiary/aromatic N) is 1. The number of nitriles is 1. The number of Topliss-reactive ketones (excluding diaryl/α,β-unsaturated/α-hetero) is 1. The topological polar surface area (TPSA) is 79.2 Å². The number of amides is 1. The summed E-state index contributed by atoms with van der Waals surface area (Å²) < 4.78 is 5.08. The molecule has 2 atom stereocenters. The molecule has 1 aromatic rings. The predicted molar refractivity (Wildman–Crippen MR) is 82.2 cm³/mol. The fraction of sp³-hybridized carbons (Fsp3) is 0.353. The van der Waals surface area contributed by atoms with Gasteiger partial charge in [-0.1, -0.05) is 18.2 Å². The Hall–Kier alpha value is -2.61. The van der Waals surface area contributed by atoms with Crippen LogP contribution >= 0.6 is 0 Å². The summed E-state index contributed by atoms with van der Waals surface area (Å²) in [4.78, 5) is 24.6. The number of allylic oxidation sites excluding steroid dienone is 2. The monoisotopic (exact) mass is 298 g/mol. The van der Waals surface area contributed by atoms with Crippen LogP contribution in [0, 0.1) is 23.2 Å². The quantitative estimate of drug-likeness (QED) is 0.669. The number of methoxy groups -OCH3 is 1. The molecule has 0 bridgehead atoms. The van der Waals surface area contributed by atoms with Gasteiger partial charge >= 0.3 is 0 Å². The standard InChI is InChI=1S/C17H18N2O3/c1-22-14-9-5-8-13(10-14)19-17(21)15(11-18)16(20)12-6-3-2-4-7-12/h2-3,5,8-10,12,15H,4,6-7H2,1H3,(H,19,21)/t12-,15+/m0/s1. The van der Waals surface area contributed by atoms with Gasteiger partial charge in [0.15, 0.2) is 11.7 Å². The Bertz CT molecular complexity index is 631. The maximum absolute atomic E-state index is 12.3. The van der Waals surface area contributed by atoms with E-state index in [-0.39, 0.29) is 11.7 Å². The lowest BCUT2D eigenvalue weighted by molar-refractivity contribution is -0.131. The van der Waals surface area contributed by atoms with E-state index in [0.717, 1.165) is 6.42 Å². The Morgan fingerprint density at radius 2 is 2.23 bits per heavy atom. The summed E-state index contributed by atoms with van der Waals surface area (Å²) in [6.07, 6.45) is 6.05. The van der Waals surface area contributed by atoms with Crippen LogP contribution in [0.3, 0.4) is 0 Å². The Morgan fingerprint density at radius 1 is 1.41 bits per heavy atom. The largest absolute Gasteiger partial charge is 0.497 e. The highest BCUT2D eigenvalue weighted by Crippen LogP contribution is 2.23. The van der Waals surface area contributed by atoms with Gasteiger partial charge in [-0.25, -0.2) is 0 Å². The van der Waals surface area contributed by atoms with Crippen LogP contribution in [-0.2, 0) is 9.59 Å². The predicted octanol–water partition coefficient (Wildman–Crippen LogP) is 2.70. The molecule has 114 valence electrons. The summed E-state index contributed by atoms with van der Waals surface area (Å²) in [5.74, 6) is -1.81. The molecule has 1 aliphatic carbocycles. The molecule has 1 aliphatic rings. The SMILES string of the molecule is COc1cccc(NC(=O)[C@H](C#N)C(=O)[C@H]2CC=CCC2)c1. The van der Waals surface area contributed by atoms with Gasteiger partial charge in [-0.2, -0.15) is 5.26 Å². The molecule has 5 heteroatoms. The summed E-state index contributed by atoms with van der Waals surface area (Å²) in [5.41, 5.74) is 0.501. The van der Waals surface area contributed by atoms with Crippen molar-refractivity contribution in [1.29, 1.82) is 5.26 Å². The van der Waals surface area contributed by atoms with Gasteiger partial charge < -0.3 is 10.1 Å². The Labute approximate surface area is 129 Å². The van der Waals surface area contributed by atoms with Crippen molar-refractivity contribution < 1.29 is 14.3 Å². The number of benzene rings is 1. The first-order chi connectivity index (χ1) is 10.7. The van der Waals surface area contributed by atoms with Gasteiger partial charge in [-0.3, -0.25) is 9.59 Å². The third-order valence-corrected chi connectivity index (χ3v) is 3.68. The van der Waals surface area contributed by atoms with Gasteiger partial charge in [-0.15, -0.1) is 0 Å². The van der Waals surface area contributed by atoms with Crippen molar-refractivity contribution in [2.24, 2.45) is 11.8 Å². The number of rotatable bonds is 5. The van der Waals surface area contributed by atoms with Gasteiger partial charge in [0, 0.05) is 17.7 Å². The molecule has 5 nitrogen and oxygen atoms in total. The van der Waals surface area contributed by atoms with Crippen LogP contribution in [0.25, 0.3) is 0 Å². The zero-order valence-corrected chi connectivity index (χ0v) is 12.4. The zero-order chi connectivity index (χ0) is 15.9. The molecule has 0 saturated carbocycles. The molecular formula is C17H18N2O3. The van der Waals surface area contributed by atoms with Crippen LogP contribution in [0.1, 0.15) is 19.3 Å². The fourth-order valence-electron chi connectivity index (χ4n) is 2.45. The average Bonchev–Trinajstić information content (AvgIpc) is 2.56. The van der Waals surface area contributed by atoms with E-state index in [4.69, 9.17) is 4.74 Å². The van der Waals surface area contributed by atoms with Crippen LogP contribution in [0.2, 0.25) is 0 Å². The highest BCUT2D eigenvalue weighted by atomic mass is 16.5. The lowest BCUT2D eigenvalue weighted by Crippen LogP contribution is -2.33. The Balaban J connectivity index is 2.06. The van der Waals surface area contributed by atoms with Crippen LogP contribution in [-0.4, -0.2) is 18.8 Å². The van der Waals surface area contributed by atoms with Crippen molar-refractivity contribution in [2.75, 3.05) is 12.4 Å². The zero-order valence-electron chi connectivity index (χ0n) is 12.4. The van der Waals surface area contributed by atoms with Crippen molar-refractivity contribution in [3.05, 3.63) is 36.4 Å². The second-order valence-electron chi connectivity index (χ2n) is 5.17. The van der Waals surface area contributed by atoms with Gasteiger partial charge in [0.25, 0.3) is 0 Å². The second kappa shape index (κ2) is 7.41. The number of nitrogens with one attached hydrogen (secondary N) is 1.